The fourth-order valence-corrected chi connectivity index (χ4v) is 2.05. The van der Waals surface area contributed by atoms with Crippen molar-refractivity contribution in [3.8, 4) is 0 Å². The zero-order chi connectivity index (χ0) is 10.7. The summed E-state index contributed by atoms with van der Waals surface area (Å²) in [5, 5.41) is 2.84. The molecule has 4 nitrogen and oxygen atoms in total. The Balaban J connectivity index is 2.50. The number of likely N-dealkylation sites (N-methyl/N-ethyl adjacent to an activating group) is 1. The molecule has 0 bridgehead atoms. The molecule has 1 saturated heterocycles. The van der Waals surface area contributed by atoms with Crippen LogP contribution in [0.3, 0.4) is 0 Å². The minimum Gasteiger partial charge on any atom is -0.338 e. The number of carbonyl (C=O) groups is 1. The van der Waals surface area contributed by atoms with E-state index < -0.39 is 0 Å². The predicted molar refractivity (Wildman–Crippen MR) is 57.3 cm³/mol. The topological polar surface area (TPSA) is 35.6 Å². The first-order chi connectivity index (χ1) is 6.56. The van der Waals surface area contributed by atoms with E-state index in [1.54, 1.807) is 0 Å². The van der Waals surface area contributed by atoms with Crippen LogP contribution in [-0.2, 0) is 0 Å². The number of nitrogens with zero attached hydrogens (tertiary/aromatic N) is 2. The molecule has 1 fully saturated rings. The Morgan fingerprint density at radius 3 is 2.57 bits per heavy atom. The first-order valence-electron chi connectivity index (χ1n) is 5.25. The van der Waals surface area contributed by atoms with Gasteiger partial charge in [0, 0.05) is 25.7 Å². The fraction of sp³-hybridized carbons (Fsp3) is 0.900. The largest absolute Gasteiger partial charge is 0.338 e. The standard InChI is InChI=1S/C10H21N3O/c1-5-11-10(14)13-6-8(2)9(7-13)12(3)4/h8-9H,5-7H2,1-4H3,(H,11,14). The maximum Gasteiger partial charge on any atom is 0.317 e. The lowest BCUT2D eigenvalue weighted by atomic mass is 10.1. The molecule has 2 amide bonds. The van der Waals surface area contributed by atoms with Crippen molar-refractivity contribution in [2.24, 2.45) is 5.92 Å². The van der Waals surface area contributed by atoms with Gasteiger partial charge in [-0.25, -0.2) is 4.79 Å². The summed E-state index contributed by atoms with van der Waals surface area (Å²) in [6, 6.07) is 0.571. The van der Waals surface area contributed by atoms with Crippen LogP contribution in [0.5, 0.6) is 0 Å². The molecule has 0 aromatic heterocycles. The minimum absolute atomic E-state index is 0.0729. The van der Waals surface area contributed by atoms with Gasteiger partial charge in [-0.2, -0.15) is 0 Å². The molecule has 1 N–H and O–H groups in total. The number of nitrogens with one attached hydrogen (secondary N) is 1. The number of urea groups is 1. The van der Waals surface area contributed by atoms with Crippen molar-refractivity contribution in [1.82, 2.24) is 15.1 Å². The molecule has 0 saturated carbocycles. The van der Waals surface area contributed by atoms with Crippen LogP contribution < -0.4 is 5.32 Å². The molecule has 82 valence electrons. The van der Waals surface area contributed by atoms with E-state index in [1.165, 1.54) is 0 Å². The van der Waals surface area contributed by atoms with E-state index in [1.807, 2.05) is 11.8 Å². The molecule has 0 aromatic rings. The van der Waals surface area contributed by atoms with Gasteiger partial charge in [0.05, 0.1) is 0 Å². The van der Waals surface area contributed by atoms with Crippen molar-refractivity contribution in [3.63, 3.8) is 0 Å². The molecule has 1 aliphatic heterocycles. The number of rotatable bonds is 2. The normalized spacial score (nSPS) is 27.1. The van der Waals surface area contributed by atoms with Crippen LogP contribution in [0, 0.1) is 5.92 Å². The van der Waals surface area contributed by atoms with Gasteiger partial charge in [-0.3, -0.25) is 0 Å². The molecule has 14 heavy (non-hydrogen) atoms. The molecule has 1 heterocycles. The third-order valence-electron chi connectivity index (χ3n) is 2.85. The molecule has 0 aliphatic carbocycles. The number of hydrogen-bond acceptors (Lipinski definition) is 2. The molecular formula is C10H21N3O. The number of amides is 2. The van der Waals surface area contributed by atoms with Gasteiger partial charge in [-0.1, -0.05) is 6.92 Å². The maximum atomic E-state index is 11.6. The highest BCUT2D eigenvalue weighted by Gasteiger charge is 2.33. The van der Waals surface area contributed by atoms with Gasteiger partial charge in [0.25, 0.3) is 0 Å². The SMILES string of the molecule is CCNC(=O)N1CC(C)C(N(C)C)C1. The van der Waals surface area contributed by atoms with Crippen molar-refractivity contribution < 1.29 is 4.79 Å². The van der Waals surface area contributed by atoms with Gasteiger partial charge < -0.3 is 15.1 Å². The monoisotopic (exact) mass is 199 g/mol. The highest BCUT2D eigenvalue weighted by Crippen LogP contribution is 2.19. The molecule has 0 spiro atoms. The van der Waals surface area contributed by atoms with Crippen LogP contribution in [0.15, 0.2) is 0 Å². The summed E-state index contributed by atoms with van der Waals surface area (Å²) in [6.45, 7) is 6.57. The van der Waals surface area contributed by atoms with Crippen LogP contribution in [-0.4, -0.2) is 55.6 Å². The van der Waals surface area contributed by atoms with Gasteiger partial charge in [-0.05, 0) is 26.9 Å². The Morgan fingerprint density at radius 1 is 1.50 bits per heavy atom. The van der Waals surface area contributed by atoms with E-state index >= 15 is 0 Å². The van der Waals surface area contributed by atoms with E-state index in [0.29, 0.717) is 18.5 Å². The maximum absolute atomic E-state index is 11.6. The van der Waals surface area contributed by atoms with Crippen molar-refractivity contribution in [3.05, 3.63) is 0 Å². The second kappa shape index (κ2) is 4.64. The Bertz CT molecular complexity index is 206. The van der Waals surface area contributed by atoms with Crippen molar-refractivity contribution >= 4 is 6.03 Å². The number of likely N-dealkylation sites (tertiary alicyclic amines) is 1. The first kappa shape index (κ1) is 11.3. The van der Waals surface area contributed by atoms with Crippen LogP contribution in [0.4, 0.5) is 4.79 Å². The van der Waals surface area contributed by atoms with E-state index in [0.717, 1.165) is 13.1 Å². The minimum atomic E-state index is 0.0729. The molecule has 4 heteroatoms. The molecule has 1 aliphatic rings. The molecule has 2 atom stereocenters. The Kier molecular flexibility index (Phi) is 3.75. The zero-order valence-corrected chi connectivity index (χ0v) is 9.58. The predicted octanol–water partition coefficient (Wildman–Crippen LogP) is 0.598. The van der Waals surface area contributed by atoms with E-state index in [9.17, 15) is 4.79 Å². The molecule has 0 radical (unpaired) electrons. The zero-order valence-electron chi connectivity index (χ0n) is 9.58. The lowest BCUT2D eigenvalue weighted by Crippen LogP contribution is -2.40. The summed E-state index contributed by atoms with van der Waals surface area (Å²) in [5.41, 5.74) is 0. The fourth-order valence-electron chi connectivity index (χ4n) is 2.05. The Labute approximate surface area is 86.2 Å². The van der Waals surface area contributed by atoms with E-state index in [2.05, 4.69) is 31.2 Å². The number of carbonyl (C=O) groups excluding carboxylic acids is 1. The van der Waals surface area contributed by atoms with Gasteiger partial charge >= 0.3 is 6.03 Å². The van der Waals surface area contributed by atoms with Crippen molar-refractivity contribution in [2.75, 3.05) is 33.7 Å². The van der Waals surface area contributed by atoms with E-state index in [-0.39, 0.29) is 6.03 Å². The first-order valence-corrected chi connectivity index (χ1v) is 5.25. The smallest absolute Gasteiger partial charge is 0.317 e. The highest BCUT2D eigenvalue weighted by molar-refractivity contribution is 5.74. The highest BCUT2D eigenvalue weighted by atomic mass is 16.2. The second-order valence-electron chi connectivity index (χ2n) is 4.25. The summed E-state index contributed by atoms with van der Waals surface area (Å²) in [4.78, 5) is 15.7. The Morgan fingerprint density at radius 2 is 2.14 bits per heavy atom. The van der Waals surface area contributed by atoms with Crippen LogP contribution in [0.25, 0.3) is 0 Å². The quantitative estimate of drug-likeness (QED) is 0.707. The summed E-state index contributed by atoms with van der Waals surface area (Å²) in [5.74, 6) is 0.563. The van der Waals surface area contributed by atoms with Gasteiger partial charge in [0.15, 0.2) is 0 Å². The van der Waals surface area contributed by atoms with Gasteiger partial charge in [0.2, 0.25) is 0 Å². The van der Waals surface area contributed by atoms with Gasteiger partial charge in [-0.15, -0.1) is 0 Å². The Hall–Kier alpha value is -0.770. The summed E-state index contributed by atoms with van der Waals surface area (Å²) in [7, 11) is 4.14. The average molecular weight is 199 g/mol. The molecular weight excluding hydrogens is 178 g/mol. The van der Waals surface area contributed by atoms with Crippen molar-refractivity contribution in [2.45, 2.75) is 19.9 Å². The van der Waals surface area contributed by atoms with Crippen LogP contribution >= 0.6 is 0 Å². The lowest BCUT2D eigenvalue weighted by molar-refractivity contribution is 0.204. The van der Waals surface area contributed by atoms with Crippen LogP contribution in [0.1, 0.15) is 13.8 Å². The summed E-state index contributed by atoms with van der Waals surface area (Å²) in [6.07, 6.45) is 0. The lowest BCUT2D eigenvalue weighted by Gasteiger charge is -2.22. The third-order valence-corrected chi connectivity index (χ3v) is 2.85. The van der Waals surface area contributed by atoms with E-state index in [4.69, 9.17) is 0 Å². The molecule has 0 aromatic carbocycles. The number of hydrogen-bond donors (Lipinski definition) is 1. The third kappa shape index (κ3) is 2.38. The summed E-state index contributed by atoms with van der Waals surface area (Å²) >= 11 is 0. The van der Waals surface area contributed by atoms with Gasteiger partial charge in [0.1, 0.15) is 0 Å². The van der Waals surface area contributed by atoms with Crippen molar-refractivity contribution in [1.29, 1.82) is 0 Å². The second-order valence-corrected chi connectivity index (χ2v) is 4.25. The molecule has 1 rings (SSSR count). The van der Waals surface area contributed by atoms with Crippen LogP contribution in [0.2, 0.25) is 0 Å². The molecule has 2 unspecified atom stereocenters. The average Bonchev–Trinajstić information content (AvgIpc) is 2.48. The summed E-state index contributed by atoms with van der Waals surface area (Å²) < 4.78 is 0.